The summed E-state index contributed by atoms with van der Waals surface area (Å²) in [6.07, 6.45) is 0. The molecule has 0 aliphatic rings. The SMILES string of the molecule is CC(C)[N](C(C)C)[Zr]([N](C)C)([N](C)C)[N](C)C. The van der Waals surface area contributed by atoms with Gasteiger partial charge in [-0.05, 0) is 0 Å². The third-order valence-corrected chi connectivity index (χ3v) is 16.3. The molecule has 0 saturated carbocycles. The summed E-state index contributed by atoms with van der Waals surface area (Å²) in [4.78, 5) is 0. The van der Waals surface area contributed by atoms with E-state index < -0.39 is 21.4 Å². The topological polar surface area (TPSA) is 13.0 Å². The second kappa shape index (κ2) is 6.76. The predicted molar refractivity (Wildman–Crippen MR) is 73.2 cm³/mol. The van der Waals surface area contributed by atoms with Crippen molar-refractivity contribution in [1.29, 1.82) is 0 Å². The molecule has 5 heteroatoms. The summed E-state index contributed by atoms with van der Waals surface area (Å²) in [5.41, 5.74) is 0. The summed E-state index contributed by atoms with van der Waals surface area (Å²) >= 11 is -2.84. The van der Waals surface area contributed by atoms with Crippen LogP contribution in [-0.2, 0) is 21.4 Å². The summed E-state index contributed by atoms with van der Waals surface area (Å²) in [5, 5.41) is 0. The van der Waals surface area contributed by atoms with Crippen molar-refractivity contribution in [2.24, 2.45) is 0 Å². The van der Waals surface area contributed by atoms with Gasteiger partial charge in [0.05, 0.1) is 0 Å². The van der Waals surface area contributed by atoms with Crippen LogP contribution >= 0.6 is 0 Å². The molecule has 0 N–H and O–H groups in total. The van der Waals surface area contributed by atoms with Crippen LogP contribution in [0.2, 0.25) is 0 Å². The van der Waals surface area contributed by atoms with Gasteiger partial charge in [0.15, 0.2) is 0 Å². The van der Waals surface area contributed by atoms with Gasteiger partial charge in [0.2, 0.25) is 0 Å². The average molecular weight is 324 g/mol. The fourth-order valence-corrected chi connectivity index (χ4v) is 15.9. The zero-order valence-corrected chi connectivity index (χ0v) is 15.9. The first-order chi connectivity index (χ1) is 7.59. The molecular formula is C12H32N4Zr. The Labute approximate surface area is 115 Å². The van der Waals surface area contributed by atoms with Crippen molar-refractivity contribution >= 4 is 0 Å². The molecule has 0 atom stereocenters. The standard InChI is InChI=1S/C6H14N.3C2H6N.Zr/c1-5(2)7-6(3)4;3*1-3-2;/h5-6H,1-4H3;3*1-2H3;/q4*-1;+4. The van der Waals surface area contributed by atoms with Gasteiger partial charge in [0.25, 0.3) is 0 Å². The Morgan fingerprint density at radius 2 is 0.824 bits per heavy atom. The van der Waals surface area contributed by atoms with Crippen LogP contribution < -0.4 is 0 Å². The van der Waals surface area contributed by atoms with Gasteiger partial charge in [-0.1, -0.05) is 0 Å². The van der Waals surface area contributed by atoms with Gasteiger partial charge < -0.3 is 0 Å². The van der Waals surface area contributed by atoms with E-state index in [0.29, 0.717) is 12.1 Å². The molecule has 0 aromatic heterocycles. The van der Waals surface area contributed by atoms with E-state index in [1.807, 2.05) is 0 Å². The van der Waals surface area contributed by atoms with Crippen LogP contribution in [0.5, 0.6) is 0 Å². The van der Waals surface area contributed by atoms with Crippen LogP contribution in [0.25, 0.3) is 0 Å². The third kappa shape index (κ3) is 3.39. The van der Waals surface area contributed by atoms with E-state index in [4.69, 9.17) is 0 Å². The average Bonchev–Trinajstić information content (AvgIpc) is 2.09. The Bertz CT molecular complexity index is 197. The molecule has 0 spiro atoms. The van der Waals surface area contributed by atoms with Crippen LogP contribution in [0.4, 0.5) is 0 Å². The molecule has 0 amide bonds. The summed E-state index contributed by atoms with van der Waals surface area (Å²) in [6.45, 7) is 9.23. The Morgan fingerprint density at radius 3 is 0.882 bits per heavy atom. The fourth-order valence-electron chi connectivity index (χ4n) is 3.18. The van der Waals surface area contributed by atoms with Crippen LogP contribution in [0.15, 0.2) is 0 Å². The van der Waals surface area contributed by atoms with E-state index in [2.05, 4.69) is 81.4 Å². The molecule has 0 bridgehead atoms. The molecule has 104 valence electrons. The molecular weight excluding hydrogens is 291 g/mol. The van der Waals surface area contributed by atoms with Crippen molar-refractivity contribution in [2.45, 2.75) is 39.8 Å². The first kappa shape index (κ1) is 17.7. The van der Waals surface area contributed by atoms with Crippen molar-refractivity contribution in [3.05, 3.63) is 0 Å². The molecule has 4 nitrogen and oxygen atoms in total. The van der Waals surface area contributed by atoms with E-state index >= 15 is 0 Å². The van der Waals surface area contributed by atoms with Crippen molar-refractivity contribution < 1.29 is 21.4 Å². The molecule has 0 unspecified atom stereocenters. The number of rotatable bonds is 6. The quantitative estimate of drug-likeness (QED) is 0.736. The molecule has 0 aliphatic carbocycles. The van der Waals surface area contributed by atoms with E-state index in [1.165, 1.54) is 0 Å². The monoisotopic (exact) mass is 322 g/mol. The Morgan fingerprint density at radius 1 is 0.588 bits per heavy atom. The van der Waals surface area contributed by atoms with Crippen molar-refractivity contribution in [2.75, 3.05) is 42.3 Å². The first-order valence-corrected chi connectivity index (χ1v) is 10.8. The van der Waals surface area contributed by atoms with Gasteiger partial charge >= 0.3 is 115 Å². The third-order valence-electron chi connectivity index (χ3n) is 3.26. The van der Waals surface area contributed by atoms with Gasteiger partial charge in [-0.2, -0.15) is 0 Å². The van der Waals surface area contributed by atoms with E-state index in [0.717, 1.165) is 0 Å². The summed E-state index contributed by atoms with van der Waals surface area (Å²) < 4.78 is 10.2. The van der Waals surface area contributed by atoms with Gasteiger partial charge in [-0.3, -0.25) is 0 Å². The molecule has 0 aromatic rings. The minimum atomic E-state index is -2.84. The predicted octanol–water partition coefficient (Wildman–Crippen LogP) is 1.60. The molecule has 0 heterocycles. The first-order valence-electron chi connectivity index (χ1n) is 6.40. The Kier molecular flexibility index (Phi) is 7.05. The fraction of sp³-hybridized carbons (Fsp3) is 1.00. The van der Waals surface area contributed by atoms with Gasteiger partial charge in [-0.25, -0.2) is 0 Å². The maximum absolute atomic E-state index is 2.84. The molecule has 0 rings (SSSR count). The molecule has 0 saturated heterocycles. The second-order valence-corrected chi connectivity index (χ2v) is 16.7. The Balaban J connectivity index is 5.70. The summed E-state index contributed by atoms with van der Waals surface area (Å²) in [6, 6.07) is 1.14. The molecule has 0 radical (unpaired) electrons. The maximum atomic E-state index is 2.73. The second-order valence-electron chi connectivity index (χ2n) is 5.88. The van der Waals surface area contributed by atoms with Crippen molar-refractivity contribution in [3.63, 3.8) is 0 Å². The number of hydrogen-bond acceptors (Lipinski definition) is 4. The number of hydrogen-bond donors (Lipinski definition) is 0. The summed E-state index contributed by atoms with van der Waals surface area (Å²) in [7, 11) is 13.4. The van der Waals surface area contributed by atoms with Crippen LogP contribution in [0.1, 0.15) is 27.7 Å². The van der Waals surface area contributed by atoms with Crippen LogP contribution in [0.3, 0.4) is 0 Å². The van der Waals surface area contributed by atoms with E-state index in [-0.39, 0.29) is 0 Å². The van der Waals surface area contributed by atoms with E-state index in [9.17, 15) is 0 Å². The number of nitrogens with zero attached hydrogens (tertiary/aromatic N) is 4. The van der Waals surface area contributed by atoms with Gasteiger partial charge in [0.1, 0.15) is 0 Å². The normalized spacial score (nSPS) is 14.1. The molecule has 0 aliphatic heterocycles. The van der Waals surface area contributed by atoms with Crippen molar-refractivity contribution in [3.8, 4) is 0 Å². The van der Waals surface area contributed by atoms with Gasteiger partial charge in [-0.15, -0.1) is 0 Å². The van der Waals surface area contributed by atoms with Gasteiger partial charge in [0, 0.05) is 0 Å². The zero-order valence-electron chi connectivity index (χ0n) is 13.4. The van der Waals surface area contributed by atoms with Crippen LogP contribution in [-0.4, -0.2) is 65.7 Å². The molecule has 0 fully saturated rings. The minimum absolute atomic E-state index is 0.568. The Hall–Kier alpha value is 0.723. The molecule has 0 aromatic carbocycles. The van der Waals surface area contributed by atoms with E-state index in [1.54, 1.807) is 0 Å². The van der Waals surface area contributed by atoms with Crippen LogP contribution in [0, 0.1) is 0 Å². The van der Waals surface area contributed by atoms with Crippen molar-refractivity contribution in [1.82, 2.24) is 11.4 Å². The molecule has 17 heavy (non-hydrogen) atoms. The summed E-state index contributed by atoms with van der Waals surface area (Å²) in [5.74, 6) is 0. The zero-order chi connectivity index (χ0) is 14.0.